The summed E-state index contributed by atoms with van der Waals surface area (Å²) in [6.45, 7) is 8.14. The van der Waals surface area contributed by atoms with Gasteiger partial charge in [-0.1, -0.05) is 13.8 Å². The Balaban J connectivity index is 0.00000289. The van der Waals surface area contributed by atoms with E-state index in [1.807, 2.05) is 0 Å². The Morgan fingerprint density at radius 1 is 1.56 bits per heavy atom. The zero-order valence-electron chi connectivity index (χ0n) is 11.4. The number of hydrogen-bond donors (Lipinski definition) is 2. The topological polar surface area (TPSA) is 68.9 Å². The van der Waals surface area contributed by atoms with E-state index in [9.17, 15) is 0 Å². The minimum absolute atomic E-state index is 0. The Morgan fingerprint density at radius 3 is 2.94 bits per heavy atom. The average Bonchev–Trinajstić information content (AvgIpc) is 2.79. The predicted octanol–water partition coefficient (Wildman–Crippen LogP) is 1.36. The van der Waals surface area contributed by atoms with Crippen LogP contribution in [0.15, 0.2) is 4.99 Å². The number of aliphatic imine (C=N–C) groups is 1. The van der Waals surface area contributed by atoms with Crippen molar-refractivity contribution >= 4 is 29.9 Å². The Morgan fingerprint density at radius 2 is 2.33 bits per heavy atom. The fraction of sp³-hybridized carbons (Fsp3) is 0.917. The van der Waals surface area contributed by atoms with Crippen molar-refractivity contribution in [2.24, 2.45) is 16.6 Å². The van der Waals surface area contributed by atoms with E-state index in [0.717, 1.165) is 45.8 Å². The van der Waals surface area contributed by atoms with Crippen LogP contribution in [0.5, 0.6) is 0 Å². The van der Waals surface area contributed by atoms with Gasteiger partial charge >= 0.3 is 0 Å². The van der Waals surface area contributed by atoms with Gasteiger partial charge in [0.1, 0.15) is 0 Å². The second-order valence-electron chi connectivity index (χ2n) is 4.76. The van der Waals surface area contributed by atoms with Crippen LogP contribution in [0, 0.1) is 5.92 Å². The second kappa shape index (κ2) is 10.8. The van der Waals surface area contributed by atoms with Gasteiger partial charge in [0.05, 0.1) is 12.7 Å². The molecule has 0 aromatic carbocycles. The maximum Gasteiger partial charge on any atom is 0.188 e. The van der Waals surface area contributed by atoms with E-state index in [1.54, 1.807) is 0 Å². The highest BCUT2D eigenvalue weighted by Crippen LogP contribution is 2.07. The molecule has 1 unspecified atom stereocenters. The minimum atomic E-state index is 0. The lowest BCUT2D eigenvalue weighted by molar-refractivity contribution is 0.0420. The van der Waals surface area contributed by atoms with Crippen LogP contribution >= 0.6 is 24.0 Å². The quantitative estimate of drug-likeness (QED) is 0.307. The first-order valence-corrected chi connectivity index (χ1v) is 6.41. The normalized spacial score (nSPS) is 19.9. The molecule has 0 radical (unpaired) electrons. The minimum Gasteiger partial charge on any atom is -0.379 e. The highest BCUT2D eigenvalue weighted by molar-refractivity contribution is 14.0. The molecule has 5 nitrogen and oxygen atoms in total. The largest absolute Gasteiger partial charge is 0.379 e. The van der Waals surface area contributed by atoms with Crippen LogP contribution in [0.1, 0.15) is 26.7 Å². The molecule has 1 heterocycles. The molecule has 0 bridgehead atoms. The van der Waals surface area contributed by atoms with Crippen molar-refractivity contribution in [2.45, 2.75) is 32.8 Å². The van der Waals surface area contributed by atoms with Crippen molar-refractivity contribution in [3.8, 4) is 0 Å². The molecule has 0 saturated carbocycles. The van der Waals surface area contributed by atoms with Gasteiger partial charge in [-0.05, 0) is 18.8 Å². The van der Waals surface area contributed by atoms with Crippen LogP contribution < -0.4 is 11.1 Å². The molecule has 0 aliphatic carbocycles. The molecule has 1 saturated heterocycles. The molecule has 1 aliphatic rings. The highest BCUT2D eigenvalue weighted by atomic mass is 127. The predicted molar refractivity (Wildman–Crippen MR) is 84.5 cm³/mol. The first kappa shape index (κ1) is 17.9. The highest BCUT2D eigenvalue weighted by Gasteiger charge is 2.15. The molecule has 1 rings (SSSR count). The fourth-order valence-electron chi connectivity index (χ4n) is 1.52. The lowest BCUT2D eigenvalue weighted by Crippen LogP contribution is -2.33. The molecule has 1 fully saturated rings. The summed E-state index contributed by atoms with van der Waals surface area (Å²) in [5.74, 6) is 1.07. The van der Waals surface area contributed by atoms with Crippen molar-refractivity contribution in [1.82, 2.24) is 5.32 Å². The smallest absolute Gasteiger partial charge is 0.188 e. The molecule has 3 N–H and O–H groups in total. The van der Waals surface area contributed by atoms with E-state index in [4.69, 9.17) is 15.2 Å². The van der Waals surface area contributed by atoms with Gasteiger partial charge in [0.15, 0.2) is 5.96 Å². The Kier molecular flexibility index (Phi) is 10.8. The van der Waals surface area contributed by atoms with E-state index in [1.165, 1.54) is 0 Å². The van der Waals surface area contributed by atoms with Crippen molar-refractivity contribution in [1.29, 1.82) is 0 Å². The zero-order chi connectivity index (χ0) is 12.5. The van der Waals surface area contributed by atoms with Crippen molar-refractivity contribution in [2.75, 3.05) is 32.9 Å². The number of halogens is 1. The van der Waals surface area contributed by atoms with Crippen LogP contribution in [0.3, 0.4) is 0 Å². The fourth-order valence-corrected chi connectivity index (χ4v) is 1.52. The monoisotopic (exact) mass is 371 g/mol. The number of nitrogens with zero attached hydrogens (tertiary/aromatic N) is 1. The number of nitrogens with two attached hydrogens (primary N) is 1. The molecule has 18 heavy (non-hydrogen) atoms. The maximum atomic E-state index is 5.70. The van der Waals surface area contributed by atoms with Gasteiger partial charge in [-0.25, -0.2) is 0 Å². The van der Waals surface area contributed by atoms with E-state index in [2.05, 4.69) is 24.2 Å². The number of guanidine groups is 1. The third-order valence-corrected chi connectivity index (χ3v) is 2.50. The van der Waals surface area contributed by atoms with Gasteiger partial charge in [0.25, 0.3) is 0 Å². The first-order valence-electron chi connectivity index (χ1n) is 6.41. The van der Waals surface area contributed by atoms with Crippen molar-refractivity contribution in [3.63, 3.8) is 0 Å². The van der Waals surface area contributed by atoms with Gasteiger partial charge in [-0.15, -0.1) is 24.0 Å². The molecule has 1 aliphatic heterocycles. The zero-order valence-corrected chi connectivity index (χ0v) is 13.7. The van der Waals surface area contributed by atoms with Gasteiger partial charge in [0.2, 0.25) is 0 Å². The molecule has 0 aromatic rings. The summed E-state index contributed by atoms with van der Waals surface area (Å²) in [6, 6.07) is 0. The summed E-state index contributed by atoms with van der Waals surface area (Å²) in [5, 5.41) is 3.08. The molecular formula is C12H26IN3O2. The van der Waals surface area contributed by atoms with E-state index < -0.39 is 0 Å². The lowest BCUT2D eigenvalue weighted by atomic mass is 10.2. The molecule has 1 atom stereocenters. The summed E-state index contributed by atoms with van der Waals surface area (Å²) in [7, 11) is 0. The van der Waals surface area contributed by atoms with Gasteiger partial charge < -0.3 is 20.5 Å². The van der Waals surface area contributed by atoms with Crippen LogP contribution in [0.4, 0.5) is 0 Å². The summed E-state index contributed by atoms with van der Waals surface area (Å²) in [6.07, 6.45) is 2.25. The van der Waals surface area contributed by atoms with E-state index in [-0.39, 0.29) is 24.0 Å². The lowest BCUT2D eigenvalue weighted by Gasteiger charge is -2.10. The number of hydrogen-bond acceptors (Lipinski definition) is 3. The number of nitrogens with one attached hydrogen (secondary N) is 1. The Hall–Kier alpha value is -0.0800. The number of rotatable bonds is 7. The molecule has 0 spiro atoms. The van der Waals surface area contributed by atoms with Crippen molar-refractivity contribution < 1.29 is 9.47 Å². The second-order valence-corrected chi connectivity index (χ2v) is 4.76. The molecular weight excluding hydrogens is 345 g/mol. The molecule has 6 heteroatoms. The van der Waals surface area contributed by atoms with Crippen LogP contribution in [0.25, 0.3) is 0 Å². The Bertz CT molecular complexity index is 231. The van der Waals surface area contributed by atoms with Gasteiger partial charge in [-0.3, -0.25) is 4.99 Å². The third kappa shape index (κ3) is 8.93. The standard InChI is InChI=1S/C12H25N3O2.HI/c1-10(2)8-15-12(13)14-5-3-6-17-11-4-7-16-9-11;/h10-11H,3-9H2,1-2H3,(H3,13,14,15);1H. The van der Waals surface area contributed by atoms with Crippen LogP contribution in [-0.2, 0) is 9.47 Å². The SMILES string of the molecule is CC(C)CN=C(N)NCCCOC1CCOC1.I. The van der Waals surface area contributed by atoms with E-state index >= 15 is 0 Å². The van der Waals surface area contributed by atoms with Crippen LogP contribution in [-0.4, -0.2) is 45.0 Å². The third-order valence-electron chi connectivity index (χ3n) is 2.50. The number of ether oxygens (including phenoxy) is 2. The van der Waals surface area contributed by atoms with Gasteiger partial charge in [-0.2, -0.15) is 0 Å². The average molecular weight is 371 g/mol. The van der Waals surface area contributed by atoms with Crippen molar-refractivity contribution in [3.05, 3.63) is 0 Å². The maximum absolute atomic E-state index is 5.70. The summed E-state index contributed by atoms with van der Waals surface area (Å²) >= 11 is 0. The first-order chi connectivity index (χ1) is 8.18. The Labute approximate surface area is 127 Å². The summed E-state index contributed by atoms with van der Waals surface area (Å²) in [5.41, 5.74) is 5.70. The van der Waals surface area contributed by atoms with Crippen LogP contribution in [0.2, 0.25) is 0 Å². The molecule has 108 valence electrons. The molecule has 0 amide bonds. The molecule has 0 aromatic heterocycles. The summed E-state index contributed by atoms with van der Waals surface area (Å²) < 4.78 is 10.9. The van der Waals surface area contributed by atoms with E-state index in [0.29, 0.717) is 18.0 Å². The van der Waals surface area contributed by atoms with Gasteiger partial charge in [0, 0.05) is 26.3 Å². The summed E-state index contributed by atoms with van der Waals surface area (Å²) in [4.78, 5) is 4.22.